The van der Waals surface area contributed by atoms with Crippen LogP contribution in [0.3, 0.4) is 0 Å². The van der Waals surface area contributed by atoms with Crippen LogP contribution in [0.1, 0.15) is 25.8 Å². The molecule has 0 aromatic heterocycles. The van der Waals surface area contributed by atoms with Gasteiger partial charge < -0.3 is 14.8 Å². The van der Waals surface area contributed by atoms with Crippen molar-refractivity contribution >= 4 is 10.8 Å². The van der Waals surface area contributed by atoms with Crippen LogP contribution in [0.5, 0.6) is 5.75 Å². The Morgan fingerprint density at radius 3 is 2.67 bits per heavy atom. The fourth-order valence-electron chi connectivity index (χ4n) is 2.42. The molecule has 0 spiro atoms. The van der Waals surface area contributed by atoms with Gasteiger partial charge in [-0.05, 0) is 43.7 Å². The van der Waals surface area contributed by atoms with Crippen LogP contribution in [-0.2, 0) is 11.3 Å². The molecule has 0 saturated heterocycles. The van der Waals surface area contributed by atoms with Gasteiger partial charge >= 0.3 is 0 Å². The Hall–Kier alpha value is -1.58. The van der Waals surface area contributed by atoms with Crippen molar-refractivity contribution in [3.8, 4) is 5.75 Å². The summed E-state index contributed by atoms with van der Waals surface area (Å²) in [5.74, 6) is 0.944. The van der Waals surface area contributed by atoms with Crippen LogP contribution in [0, 0.1) is 0 Å². The molecule has 2 aromatic carbocycles. The SMILES string of the molecule is COc1ccc2ccccc2c1CNCCCOC(C)C. The van der Waals surface area contributed by atoms with Crippen molar-refractivity contribution < 1.29 is 9.47 Å². The van der Waals surface area contributed by atoms with E-state index >= 15 is 0 Å². The second-order valence-corrected chi connectivity index (χ2v) is 5.42. The summed E-state index contributed by atoms with van der Waals surface area (Å²) in [5.41, 5.74) is 1.22. The highest BCUT2D eigenvalue weighted by atomic mass is 16.5. The zero-order valence-electron chi connectivity index (χ0n) is 13.2. The molecule has 3 heteroatoms. The largest absolute Gasteiger partial charge is 0.496 e. The maximum atomic E-state index is 5.54. The van der Waals surface area contributed by atoms with E-state index in [0.29, 0.717) is 6.10 Å². The highest BCUT2D eigenvalue weighted by molar-refractivity contribution is 5.87. The number of nitrogens with one attached hydrogen (secondary N) is 1. The summed E-state index contributed by atoms with van der Waals surface area (Å²) in [6.07, 6.45) is 1.33. The van der Waals surface area contributed by atoms with Gasteiger partial charge in [0.2, 0.25) is 0 Å². The van der Waals surface area contributed by atoms with E-state index in [1.807, 2.05) is 6.07 Å². The third kappa shape index (κ3) is 4.45. The van der Waals surface area contributed by atoms with Crippen LogP contribution in [0.2, 0.25) is 0 Å². The first-order valence-corrected chi connectivity index (χ1v) is 7.59. The molecular weight excluding hydrogens is 262 g/mol. The van der Waals surface area contributed by atoms with Crippen LogP contribution in [-0.4, -0.2) is 26.4 Å². The smallest absolute Gasteiger partial charge is 0.123 e. The molecule has 0 heterocycles. The Morgan fingerprint density at radius 2 is 1.90 bits per heavy atom. The van der Waals surface area contributed by atoms with E-state index in [9.17, 15) is 0 Å². The third-order valence-corrected chi connectivity index (χ3v) is 3.47. The van der Waals surface area contributed by atoms with Gasteiger partial charge in [0.15, 0.2) is 0 Å². The average Bonchev–Trinajstić information content (AvgIpc) is 2.50. The van der Waals surface area contributed by atoms with Crippen LogP contribution in [0.15, 0.2) is 36.4 Å². The second-order valence-electron chi connectivity index (χ2n) is 5.42. The van der Waals surface area contributed by atoms with Gasteiger partial charge in [-0.1, -0.05) is 30.3 Å². The molecule has 1 N–H and O–H groups in total. The molecule has 114 valence electrons. The molecule has 0 fully saturated rings. The van der Waals surface area contributed by atoms with Gasteiger partial charge in [0, 0.05) is 18.7 Å². The van der Waals surface area contributed by atoms with E-state index in [1.165, 1.54) is 16.3 Å². The monoisotopic (exact) mass is 287 g/mol. The van der Waals surface area contributed by atoms with Gasteiger partial charge in [0.1, 0.15) is 5.75 Å². The Morgan fingerprint density at radius 1 is 1.10 bits per heavy atom. The average molecular weight is 287 g/mol. The van der Waals surface area contributed by atoms with E-state index in [1.54, 1.807) is 7.11 Å². The number of hydrogen-bond acceptors (Lipinski definition) is 3. The number of fused-ring (bicyclic) bond motifs is 1. The first-order valence-electron chi connectivity index (χ1n) is 7.59. The van der Waals surface area contributed by atoms with E-state index in [0.717, 1.165) is 31.9 Å². The first kappa shape index (κ1) is 15.8. The molecule has 0 aliphatic carbocycles. The molecule has 0 unspecified atom stereocenters. The van der Waals surface area contributed by atoms with E-state index < -0.39 is 0 Å². The summed E-state index contributed by atoms with van der Waals surface area (Å²) < 4.78 is 11.0. The van der Waals surface area contributed by atoms with Crippen LogP contribution in [0.25, 0.3) is 10.8 Å². The lowest BCUT2D eigenvalue weighted by Gasteiger charge is -2.13. The van der Waals surface area contributed by atoms with Crippen molar-refractivity contribution in [2.24, 2.45) is 0 Å². The molecular formula is C18H25NO2. The highest BCUT2D eigenvalue weighted by Gasteiger charge is 2.07. The van der Waals surface area contributed by atoms with Gasteiger partial charge in [0.05, 0.1) is 13.2 Å². The lowest BCUT2D eigenvalue weighted by Crippen LogP contribution is -2.18. The van der Waals surface area contributed by atoms with E-state index in [4.69, 9.17) is 9.47 Å². The zero-order chi connectivity index (χ0) is 15.1. The Labute approximate surface area is 127 Å². The summed E-state index contributed by atoms with van der Waals surface area (Å²) in [5, 5.41) is 5.98. The molecule has 0 amide bonds. The molecule has 0 atom stereocenters. The molecule has 2 rings (SSSR count). The van der Waals surface area contributed by atoms with Crippen molar-refractivity contribution in [1.82, 2.24) is 5.32 Å². The van der Waals surface area contributed by atoms with Crippen molar-refractivity contribution in [3.63, 3.8) is 0 Å². The minimum Gasteiger partial charge on any atom is -0.496 e. The fourth-order valence-corrected chi connectivity index (χ4v) is 2.42. The standard InChI is InChI=1S/C18H25NO2/c1-14(2)21-12-6-11-19-13-17-16-8-5-4-7-15(16)9-10-18(17)20-3/h4-5,7-10,14,19H,6,11-13H2,1-3H3. The number of hydrogen-bond donors (Lipinski definition) is 1. The molecule has 3 nitrogen and oxygen atoms in total. The van der Waals surface area contributed by atoms with E-state index in [2.05, 4.69) is 49.5 Å². The summed E-state index contributed by atoms with van der Waals surface area (Å²) in [7, 11) is 1.73. The molecule has 21 heavy (non-hydrogen) atoms. The van der Waals surface area contributed by atoms with Crippen LogP contribution >= 0.6 is 0 Å². The quantitative estimate of drug-likeness (QED) is 0.750. The summed E-state index contributed by atoms with van der Waals surface area (Å²) in [4.78, 5) is 0. The molecule has 0 aliphatic rings. The maximum absolute atomic E-state index is 5.54. The Kier molecular flexibility index (Phi) is 6.03. The normalized spacial score (nSPS) is 11.2. The van der Waals surface area contributed by atoms with Crippen LogP contribution in [0.4, 0.5) is 0 Å². The second kappa shape index (κ2) is 8.01. The minimum absolute atomic E-state index is 0.308. The predicted octanol–water partition coefficient (Wildman–Crippen LogP) is 3.75. The topological polar surface area (TPSA) is 30.5 Å². The van der Waals surface area contributed by atoms with Crippen molar-refractivity contribution in [2.75, 3.05) is 20.3 Å². The van der Waals surface area contributed by atoms with E-state index in [-0.39, 0.29) is 0 Å². The number of rotatable bonds is 8. The lowest BCUT2D eigenvalue weighted by atomic mass is 10.0. The van der Waals surface area contributed by atoms with Gasteiger partial charge in [0.25, 0.3) is 0 Å². The third-order valence-electron chi connectivity index (χ3n) is 3.47. The van der Waals surface area contributed by atoms with Crippen molar-refractivity contribution in [3.05, 3.63) is 42.0 Å². The Bertz CT molecular complexity index is 566. The lowest BCUT2D eigenvalue weighted by molar-refractivity contribution is 0.0770. The van der Waals surface area contributed by atoms with Crippen molar-refractivity contribution in [2.45, 2.75) is 32.9 Å². The number of benzene rings is 2. The Balaban J connectivity index is 1.97. The van der Waals surface area contributed by atoms with Gasteiger partial charge in [-0.3, -0.25) is 0 Å². The maximum Gasteiger partial charge on any atom is 0.123 e. The first-order chi connectivity index (χ1) is 10.2. The molecule has 0 saturated carbocycles. The van der Waals surface area contributed by atoms with Crippen LogP contribution < -0.4 is 10.1 Å². The van der Waals surface area contributed by atoms with Gasteiger partial charge in [-0.15, -0.1) is 0 Å². The van der Waals surface area contributed by atoms with Gasteiger partial charge in [-0.2, -0.15) is 0 Å². The molecule has 2 aromatic rings. The summed E-state index contributed by atoms with van der Waals surface area (Å²) >= 11 is 0. The number of ether oxygens (including phenoxy) is 2. The minimum atomic E-state index is 0.308. The molecule has 0 radical (unpaired) electrons. The molecule has 0 aliphatic heterocycles. The zero-order valence-corrected chi connectivity index (χ0v) is 13.2. The number of methoxy groups -OCH3 is 1. The van der Waals surface area contributed by atoms with Crippen molar-refractivity contribution in [1.29, 1.82) is 0 Å². The molecule has 0 bridgehead atoms. The predicted molar refractivity (Wildman–Crippen MR) is 87.9 cm³/mol. The summed E-state index contributed by atoms with van der Waals surface area (Å²) in [6.45, 7) is 6.69. The fraction of sp³-hybridized carbons (Fsp3) is 0.444. The highest BCUT2D eigenvalue weighted by Crippen LogP contribution is 2.27. The van der Waals surface area contributed by atoms with Gasteiger partial charge in [-0.25, -0.2) is 0 Å². The summed E-state index contributed by atoms with van der Waals surface area (Å²) in [6, 6.07) is 12.6.